The summed E-state index contributed by atoms with van der Waals surface area (Å²) in [5.41, 5.74) is 0.881. The topological polar surface area (TPSA) is 98.7 Å². The van der Waals surface area contributed by atoms with Crippen molar-refractivity contribution in [3.05, 3.63) is 34.3 Å². The average molecular weight is 331 g/mol. The average Bonchev–Trinajstić information content (AvgIpc) is 2.37. The monoisotopic (exact) mass is 330 g/mol. The Bertz CT molecular complexity index is 453. The summed E-state index contributed by atoms with van der Waals surface area (Å²) >= 11 is 3.35. The Labute approximate surface area is 118 Å². The lowest BCUT2D eigenvalue weighted by Gasteiger charge is -2.14. The van der Waals surface area contributed by atoms with Crippen LogP contribution in [0.15, 0.2) is 28.7 Å². The number of aliphatic hydroxyl groups excluding tert-OH is 1. The number of carboxylic acids is 1. The number of amides is 2. The van der Waals surface area contributed by atoms with Gasteiger partial charge >= 0.3 is 12.0 Å². The van der Waals surface area contributed by atoms with Crippen LogP contribution in [0.5, 0.6) is 0 Å². The van der Waals surface area contributed by atoms with Crippen LogP contribution in [0, 0.1) is 0 Å². The number of hydrogen-bond acceptors (Lipinski definition) is 3. The van der Waals surface area contributed by atoms with Crippen LogP contribution >= 0.6 is 15.9 Å². The van der Waals surface area contributed by atoms with Crippen molar-refractivity contribution >= 4 is 27.9 Å². The van der Waals surface area contributed by atoms with Crippen LogP contribution in [0.2, 0.25) is 0 Å². The van der Waals surface area contributed by atoms with Gasteiger partial charge in [-0.05, 0) is 11.6 Å². The van der Waals surface area contributed by atoms with Crippen molar-refractivity contribution in [3.8, 4) is 0 Å². The highest BCUT2D eigenvalue weighted by molar-refractivity contribution is 9.10. The van der Waals surface area contributed by atoms with Gasteiger partial charge in [-0.15, -0.1) is 0 Å². The number of urea groups is 1. The summed E-state index contributed by atoms with van der Waals surface area (Å²) in [6.45, 7) is -0.0276. The molecule has 0 aliphatic carbocycles. The van der Waals surface area contributed by atoms with E-state index in [0.717, 1.165) is 10.0 Å². The van der Waals surface area contributed by atoms with E-state index in [2.05, 4.69) is 26.6 Å². The van der Waals surface area contributed by atoms with Gasteiger partial charge in [-0.2, -0.15) is 0 Å². The molecule has 7 heteroatoms. The molecule has 0 fully saturated rings. The first-order valence-electron chi connectivity index (χ1n) is 5.66. The van der Waals surface area contributed by atoms with Crippen LogP contribution in [-0.2, 0) is 11.3 Å². The first-order valence-corrected chi connectivity index (χ1v) is 6.45. The summed E-state index contributed by atoms with van der Waals surface area (Å²) < 4.78 is 0.862. The minimum Gasteiger partial charge on any atom is -0.480 e. The Morgan fingerprint density at radius 3 is 2.58 bits per heavy atom. The zero-order chi connectivity index (χ0) is 14.3. The largest absolute Gasteiger partial charge is 0.480 e. The molecule has 0 saturated carbocycles. The van der Waals surface area contributed by atoms with Crippen molar-refractivity contribution in [2.45, 2.75) is 19.0 Å². The molecule has 104 valence electrons. The molecule has 1 rings (SSSR count). The Hall–Kier alpha value is -1.60. The van der Waals surface area contributed by atoms with Crippen molar-refractivity contribution < 1.29 is 19.8 Å². The number of nitrogens with one attached hydrogen (secondary N) is 2. The third-order valence-corrected chi connectivity index (χ3v) is 3.19. The second-order valence-electron chi connectivity index (χ2n) is 3.82. The van der Waals surface area contributed by atoms with Gasteiger partial charge in [0.15, 0.2) is 0 Å². The molecule has 19 heavy (non-hydrogen) atoms. The lowest BCUT2D eigenvalue weighted by molar-refractivity contribution is -0.139. The van der Waals surface area contributed by atoms with E-state index in [0.29, 0.717) is 0 Å². The molecule has 0 radical (unpaired) electrons. The molecule has 6 nitrogen and oxygen atoms in total. The summed E-state index contributed by atoms with van der Waals surface area (Å²) in [5.74, 6) is -1.18. The fourth-order valence-corrected chi connectivity index (χ4v) is 1.84. The second-order valence-corrected chi connectivity index (χ2v) is 4.68. The Kier molecular flexibility index (Phi) is 6.31. The van der Waals surface area contributed by atoms with E-state index in [1.165, 1.54) is 0 Å². The maximum Gasteiger partial charge on any atom is 0.326 e. The molecule has 1 atom stereocenters. The molecular weight excluding hydrogens is 316 g/mol. The number of rotatable bonds is 6. The molecule has 1 aromatic carbocycles. The molecule has 0 heterocycles. The van der Waals surface area contributed by atoms with Crippen molar-refractivity contribution in [2.75, 3.05) is 6.61 Å². The molecule has 0 saturated heterocycles. The number of aliphatic hydroxyl groups is 1. The first kappa shape index (κ1) is 15.5. The second kappa shape index (κ2) is 7.75. The fourth-order valence-electron chi connectivity index (χ4n) is 1.41. The van der Waals surface area contributed by atoms with Crippen LogP contribution in [0.25, 0.3) is 0 Å². The van der Waals surface area contributed by atoms with Crippen LogP contribution in [-0.4, -0.2) is 34.9 Å². The van der Waals surface area contributed by atoms with E-state index in [1.807, 2.05) is 24.3 Å². The van der Waals surface area contributed by atoms with Crippen molar-refractivity contribution in [1.82, 2.24) is 10.6 Å². The summed E-state index contributed by atoms with van der Waals surface area (Å²) in [7, 11) is 0. The maximum atomic E-state index is 11.5. The van der Waals surface area contributed by atoms with Gasteiger partial charge in [-0.25, -0.2) is 9.59 Å². The number of aliphatic carboxylic acids is 1. The third-order valence-electron chi connectivity index (χ3n) is 2.42. The van der Waals surface area contributed by atoms with Crippen LogP contribution in [0.3, 0.4) is 0 Å². The van der Waals surface area contributed by atoms with Gasteiger partial charge in [0.05, 0.1) is 0 Å². The molecule has 0 spiro atoms. The lowest BCUT2D eigenvalue weighted by Crippen LogP contribution is -2.46. The Morgan fingerprint density at radius 2 is 2.00 bits per heavy atom. The fraction of sp³-hybridized carbons (Fsp3) is 0.333. The summed E-state index contributed by atoms with van der Waals surface area (Å²) in [4.78, 5) is 22.3. The predicted molar refractivity (Wildman–Crippen MR) is 72.6 cm³/mol. The van der Waals surface area contributed by atoms with Gasteiger partial charge in [0.2, 0.25) is 0 Å². The Morgan fingerprint density at radius 1 is 1.32 bits per heavy atom. The highest BCUT2D eigenvalue weighted by atomic mass is 79.9. The minimum absolute atomic E-state index is 0.0300. The van der Waals surface area contributed by atoms with Gasteiger partial charge in [-0.3, -0.25) is 0 Å². The number of halogens is 1. The third kappa shape index (κ3) is 5.27. The smallest absolute Gasteiger partial charge is 0.326 e. The van der Waals surface area contributed by atoms with Gasteiger partial charge in [0, 0.05) is 24.0 Å². The zero-order valence-electron chi connectivity index (χ0n) is 10.1. The normalized spacial score (nSPS) is 11.7. The van der Waals surface area contributed by atoms with Crippen molar-refractivity contribution in [1.29, 1.82) is 0 Å². The van der Waals surface area contributed by atoms with Gasteiger partial charge < -0.3 is 20.8 Å². The molecule has 0 aliphatic heterocycles. The minimum atomic E-state index is -1.18. The highest BCUT2D eigenvalue weighted by Crippen LogP contribution is 2.15. The standard InChI is InChI=1S/C12H15BrN2O4/c13-9-4-2-1-3-8(9)7-14-12(19)15-10(5-6-16)11(17)18/h1-4,10,16H,5-7H2,(H,17,18)(H2,14,15,19)/t10-/m1/s1. The summed E-state index contributed by atoms with van der Waals surface area (Å²) in [5, 5.41) is 22.4. The van der Waals surface area contributed by atoms with Gasteiger partial charge in [0.1, 0.15) is 6.04 Å². The molecule has 0 aliphatic rings. The number of carboxylic acid groups (broad SMARTS) is 1. The van der Waals surface area contributed by atoms with E-state index in [4.69, 9.17) is 10.2 Å². The SMILES string of the molecule is O=C(NCc1ccccc1Br)N[C@H](CCO)C(=O)O. The number of carbonyl (C=O) groups is 2. The van der Waals surface area contributed by atoms with Crippen LogP contribution in [0.4, 0.5) is 4.79 Å². The number of carbonyl (C=O) groups excluding carboxylic acids is 1. The highest BCUT2D eigenvalue weighted by Gasteiger charge is 2.18. The van der Waals surface area contributed by atoms with E-state index in [-0.39, 0.29) is 19.6 Å². The zero-order valence-corrected chi connectivity index (χ0v) is 11.7. The van der Waals surface area contributed by atoms with Crippen molar-refractivity contribution in [2.24, 2.45) is 0 Å². The molecule has 4 N–H and O–H groups in total. The van der Waals surface area contributed by atoms with Crippen LogP contribution in [0.1, 0.15) is 12.0 Å². The van der Waals surface area contributed by atoms with Gasteiger partial charge in [0.25, 0.3) is 0 Å². The summed E-state index contributed by atoms with van der Waals surface area (Å²) in [6.07, 6.45) is -0.0300. The van der Waals surface area contributed by atoms with E-state index >= 15 is 0 Å². The molecule has 1 aromatic rings. The maximum absolute atomic E-state index is 11.5. The molecule has 0 aromatic heterocycles. The predicted octanol–water partition coefficient (Wildman–Crippen LogP) is 1.08. The number of hydrogen-bond donors (Lipinski definition) is 4. The van der Waals surface area contributed by atoms with Crippen molar-refractivity contribution in [3.63, 3.8) is 0 Å². The quantitative estimate of drug-likeness (QED) is 0.627. The molecule has 0 bridgehead atoms. The van der Waals surface area contributed by atoms with Crippen LogP contribution < -0.4 is 10.6 Å². The van der Waals surface area contributed by atoms with E-state index in [9.17, 15) is 9.59 Å². The van der Waals surface area contributed by atoms with E-state index in [1.54, 1.807) is 0 Å². The van der Waals surface area contributed by atoms with E-state index < -0.39 is 18.0 Å². The molecule has 0 unspecified atom stereocenters. The molecular formula is C12H15BrN2O4. The van der Waals surface area contributed by atoms with Gasteiger partial charge in [-0.1, -0.05) is 34.1 Å². The number of benzene rings is 1. The summed E-state index contributed by atoms with van der Waals surface area (Å²) in [6, 6.07) is 5.70. The molecule has 2 amide bonds. The first-order chi connectivity index (χ1) is 9.04. The lowest BCUT2D eigenvalue weighted by atomic mass is 10.2. The Balaban J connectivity index is 2.47.